The number of hydrogen-bond donors (Lipinski definition) is 0. The molecule has 0 N–H and O–H groups in total. The van der Waals surface area contributed by atoms with E-state index in [1.165, 1.54) is 19.8 Å². The van der Waals surface area contributed by atoms with Crippen molar-refractivity contribution in [2.45, 2.75) is 13.0 Å². The topological polar surface area (TPSA) is 113 Å². The smallest absolute Gasteiger partial charge is 0.339 e. The quantitative estimate of drug-likeness (QED) is 0.473. The Labute approximate surface area is 143 Å². The summed E-state index contributed by atoms with van der Waals surface area (Å²) in [6, 6.07) is 3.22. The first-order valence-corrected chi connectivity index (χ1v) is 8.98. The molecule has 0 aliphatic rings. The Balaban J connectivity index is 2.08. The number of methoxy groups -OCH3 is 1. The second-order valence-electron chi connectivity index (χ2n) is 5.27. The molecule has 3 rings (SSSR count). The van der Waals surface area contributed by atoms with Gasteiger partial charge in [-0.3, -0.25) is 4.18 Å². The molecule has 25 heavy (non-hydrogen) atoms. The third kappa shape index (κ3) is 3.86. The van der Waals surface area contributed by atoms with E-state index >= 15 is 0 Å². The fourth-order valence-corrected chi connectivity index (χ4v) is 2.67. The van der Waals surface area contributed by atoms with Crippen LogP contribution in [0.4, 0.5) is 0 Å². The monoisotopic (exact) mass is 365 g/mol. The number of carbonyl (C=O) groups is 1. The van der Waals surface area contributed by atoms with Gasteiger partial charge in [-0.05, 0) is 12.1 Å². The zero-order chi connectivity index (χ0) is 18.0. The van der Waals surface area contributed by atoms with Crippen LogP contribution in [0.2, 0.25) is 0 Å². The molecule has 0 saturated heterocycles. The van der Waals surface area contributed by atoms with E-state index in [9.17, 15) is 13.2 Å². The van der Waals surface area contributed by atoms with Crippen LogP contribution in [0, 0.1) is 0 Å². The van der Waals surface area contributed by atoms with Crippen LogP contribution in [-0.2, 0) is 32.1 Å². The molecular weight excluding hydrogens is 350 g/mol. The van der Waals surface area contributed by atoms with Crippen LogP contribution < -0.4 is 0 Å². The molecule has 0 spiro atoms. The van der Waals surface area contributed by atoms with Gasteiger partial charge in [-0.25, -0.2) is 14.8 Å². The number of aromatic nitrogens is 3. The fraction of sp³-hybridized carbons (Fsp3) is 0.267. The van der Waals surface area contributed by atoms with E-state index in [1.54, 1.807) is 22.7 Å². The second kappa shape index (κ2) is 6.65. The van der Waals surface area contributed by atoms with Gasteiger partial charge in [0, 0.05) is 12.6 Å². The molecule has 0 aromatic carbocycles. The second-order valence-corrected chi connectivity index (χ2v) is 6.91. The first-order chi connectivity index (χ1) is 11.9. The Morgan fingerprint density at radius 3 is 2.80 bits per heavy atom. The molecule has 10 heteroatoms. The summed E-state index contributed by atoms with van der Waals surface area (Å²) < 4.78 is 38.8. The first kappa shape index (κ1) is 17.1. The average molecular weight is 365 g/mol. The van der Waals surface area contributed by atoms with E-state index in [2.05, 4.69) is 9.97 Å². The van der Waals surface area contributed by atoms with E-state index < -0.39 is 16.1 Å². The molecule has 3 heterocycles. The van der Waals surface area contributed by atoms with Gasteiger partial charge in [0.1, 0.15) is 18.5 Å². The highest BCUT2D eigenvalue weighted by molar-refractivity contribution is 7.85. The lowest BCUT2D eigenvalue weighted by Crippen LogP contribution is -2.07. The van der Waals surface area contributed by atoms with Crippen LogP contribution in [0.3, 0.4) is 0 Å². The third-order valence-corrected chi connectivity index (χ3v) is 4.01. The van der Waals surface area contributed by atoms with Gasteiger partial charge in [-0.1, -0.05) is 0 Å². The Morgan fingerprint density at radius 1 is 1.36 bits per heavy atom. The molecule has 0 atom stereocenters. The minimum absolute atomic E-state index is 0.221. The molecule has 0 fully saturated rings. The zero-order valence-corrected chi connectivity index (χ0v) is 14.3. The number of hydrogen-bond acceptors (Lipinski definition) is 8. The molecule has 132 valence electrons. The molecule has 3 aromatic rings. The molecule has 0 radical (unpaired) electrons. The van der Waals surface area contributed by atoms with Crippen molar-refractivity contribution in [2.75, 3.05) is 13.4 Å². The molecule has 9 nitrogen and oxygen atoms in total. The lowest BCUT2D eigenvalue weighted by atomic mass is 10.2. The van der Waals surface area contributed by atoms with Crippen molar-refractivity contribution in [3.05, 3.63) is 53.6 Å². The summed E-state index contributed by atoms with van der Waals surface area (Å²) in [6.45, 7) is -0.221. The summed E-state index contributed by atoms with van der Waals surface area (Å²) >= 11 is 0. The molecular formula is C15H15N3O6S. The lowest BCUT2D eigenvalue weighted by molar-refractivity contribution is 0.0600. The van der Waals surface area contributed by atoms with Gasteiger partial charge in [-0.15, -0.1) is 0 Å². The number of carbonyl (C=O) groups excluding carboxylic acids is 1. The number of fused-ring (bicyclic) bond motifs is 1. The lowest BCUT2D eigenvalue weighted by Gasteiger charge is -2.05. The predicted molar refractivity (Wildman–Crippen MR) is 85.5 cm³/mol. The van der Waals surface area contributed by atoms with Gasteiger partial charge in [0.2, 0.25) is 0 Å². The van der Waals surface area contributed by atoms with Crippen molar-refractivity contribution in [2.24, 2.45) is 0 Å². The third-order valence-electron chi connectivity index (χ3n) is 3.46. The van der Waals surface area contributed by atoms with Crippen molar-refractivity contribution >= 4 is 21.7 Å². The van der Waals surface area contributed by atoms with Crippen molar-refractivity contribution in [1.82, 2.24) is 14.4 Å². The number of oxazole rings is 1. The summed E-state index contributed by atoms with van der Waals surface area (Å²) in [5.74, 6) is -0.489. The van der Waals surface area contributed by atoms with Crippen LogP contribution in [0.5, 0.6) is 0 Å². The van der Waals surface area contributed by atoms with Gasteiger partial charge >= 0.3 is 5.97 Å². The molecule has 0 unspecified atom stereocenters. The summed E-state index contributed by atoms with van der Waals surface area (Å²) in [6.07, 6.45) is 5.64. The van der Waals surface area contributed by atoms with Crippen LogP contribution in [-0.4, -0.2) is 42.1 Å². The van der Waals surface area contributed by atoms with E-state index in [0.717, 1.165) is 6.26 Å². The number of rotatable bonds is 6. The standard InChI is InChI=1S/C15H15N3O6S/c1-22-15(19)10-3-4-14-17-12(8-24-25(2,20)21)13(18(14)6-10)5-11-7-23-9-16-11/h3-4,6-7,9H,5,8H2,1-2H3. The highest BCUT2D eigenvalue weighted by Crippen LogP contribution is 2.19. The largest absolute Gasteiger partial charge is 0.465 e. The summed E-state index contributed by atoms with van der Waals surface area (Å²) in [5, 5.41) is 0. The van der Waals surface area contributed by atoms with E-state index in [-0.39, 0.29) is 6.61 Å². The average Bonchev–Trinajstić information content (AvgIpc) is 3.20. The van der Waals surface area contributed by atoms with Crippen LogP contribution in [0.1, 0.15) is 27.4 Å². The summed E-state index contributed by atoms with van der Waals surface area (Å²) in [4.78, 5) is 20.2. The highest BCUT2D eigenvalue weighted by atomic mass is 32.2. The first-order valence-electron chi connectivity index (χ1n) is 7.17. The number of pyridine rings is 1. The number of nitrogens with zero attached hydrogens (tertiary/aromatic N) is 3. The normalized spacial score (nSPS) is 11.8. The number of imidazole rings is 1. The minimum Gasteiger partial charge on any atom is -0.465 e. The summed E-state index contributed by atoms with van der Waals surface area (Å²) in [7, 11) is -2.33. The Hall–Kier alpha value is -2.72. The van der Waals surface area contributed by atoms with Crippen LogP contribution in [0.15, 0.2) is 35.4 Å². The molecule has 3 aromatic heterocycles. The number of ether oxygens (including phenoxy) is 1. The highest BCUT2D eigenvalue weighted by Gasteiger charge is 2.17. The van der Waals surface area contributed by atoms with Crippen molar-refractivity contribution < 1.29 is 26.5 Å². The molecule has 0 aliphatic heterocycles. The molecule has 0 bridgehead atoms. The van der Waals surface area contributed by atoms with Crippen molar-refractivity contribution in [1.29, 1.82) is 0 Å². The van der Waals surface area contributed by atoms with Gasteiger partial charge in [0.05, 0.1) is 36.0 Å². The van der Waals surface area contributed by atoms with Gasteiger partial charge in [-0.2, -0.15) is 8.42 Å². The van der Waals surface area contributed by atoms with Crippen LogP contribution in [0.25, 0.3) is 5.65 Å². The molecule has 0 aliphatic carbocycles. The SMILES string of the molecule is COC(=O)c1ccc2nc(COS(C)(=O)=O)c(Cc3cocn3)n2c1. The van der Waals surface area contributed by atoms with Gasteiger partial charge in [0.25, 0.3) is 10.1 Å². The van der Waals surface area contributed by atoms with E-state index in [4.69, 9.17) is 13.3 Å². The Morgan fingerprint density at radius 2 is 2.16 bits per heavy atom. The Bertz CT molecular complexity index is 1010. The number of esters is 1. The maximum Gasteiger partial charge on any atom is 0.339 e. The zero-order valence-electron chi connectivity index (χ0n) is 13.5. The Kier molecular flexibility index (Phi) is 4.55. The van der Waals surface area contributed by atoms with Crippen molar-refractivity contribution in [3.63, 3.8) is 0 Å². The summed E-state index contributed by atoms with van der Waals surface area (Å²) in [5.41, 5.74) is 2.57. The van der Waals surface area contributed by atoms with Gasteiger partial charge < -0.3 is 13.6 Å². The van der Waals surface area contributed by atoms with Gasteiger partial charge in [0.15, 0.2) is 6.39 Å². The van der Waals surface area contributed by atoms with Crippen molar-refractivity contribution in [3.8, 4) is 0 Å². The van der Waals surface area contributed by atoms with Crippen LogP contribution >= 0.6 is 0 Å². The molecule has 0 amide bonds. The predicted octanol–water partition coefficient (Wildman–Crippen LogP) is 1.18. The fourth-order valence-electron chi connectivity index (χ4n) is 2.34. The maximum absolute atomic E-state index is 11.8. The van der Waals surface area contributed by atoms with E-state index in [0.29, 0.717) is 34.7 Å². The maximum atomic E-state index is 11.8. The molecule has 0 saturated carbocycles. The minimum atomic E-state index is -3.62. The van der Waals surface area contributed by atoms with E-state index in [1.807, 2.05) is 0 Å².